The number of nitrogens with zero attached hydrogens (tertiary/aromatic N) is 4. The van der Waals surface area contributed by atoms with Crippen molar-refractivity contribution in [3.63, 3.8) is 0 Å². The number of cyclic esters (lactones) is 1. The van der Waals surface area contributed by atoms with Gasteiger partial charge >= 0.3 is 6.09 Å². The maximum absolute atomic E-state index is 11.8. The number of benzene rings is 1. The van der Waals surface area contributed by atoms with Crippen LogP contribution < -0.4 is 10.6 Å². The minimum absolute atomic E-state index is 0.122. The van der Waals surface area contributed by atoms with Crippen molar-refractivity contribution < 1.29 is 14.6 Å². The Labute approximate surface area is 157 Å². The minimum Gasteiger partial charge on any atom is -0.506 e. The monoisotopic (exact) mass is 372 g/mol. The number of nitrogens with two attached hydrogens (primary N) is 1. The van der Waals surface area contributed by atoms with Gasteiger partial charge in [0.1, 0.15) is 18.1 Å². The zero-order chi connectivity index (χ0) is 19.4. The summed E-state index contributed by atoms with van der Waals surface area (Å²) in [5.74, 6) is 0.0871. The number of aromatic hydroxyl groups is 1. The normalized spacial score (nSPS) is 18.0. The van der Waals surface area contributed by atoms with Gasteiger partial charge in [-0.25, -0.2) is 14.8 Å². The molecule has 1 fully saturated rings. The number of phenols is 1. The maximum Gasteiger partial charge on any atom is 0.414 e. The second kappa shape index (κ2) is 8.07. The van der Waals surface area contributed by atoms with E-state index in [9.17, 15) is 9.90 Å². The third-order valence-electron chi connectivity index (χ3n) is 4.46. The first-order chi connectivity index (χ1) is 13.0. The molecule has 1 saturated heterocycles. The number of rotatable bonds is 7. The van der Waals surface area contributed by atoms with Crippen molar-refractivity contribution in [1.29, 1.82) is 5.41 Å². The summed E-state index contributed by atoms with van der Waals surface area (Å²) >= 11 is 0. The Morgan fingerprint density at radius 3 is 2.89 bits per heavy atom. The van der Waals surface area contributed by atoms with Gasteiger partial charge < -0.3 is 15.6 Å². The molecule has 2 heterocycles. The van der Waals surface area contributed by atoms with Crippen molar-refractivity contribution in [3.05, 3.63) is 12.1 Å². The van der Waals surface area contributed by atoms with Crippen LogP contribution in [0.3, 0.4) is 0 Å². The number of carbonyl (C=O) groups is 1. The van der Waals surface area contributed by atoms with Crippen molar-refractivity contribution in [3.8, 4) is 5.75 Å². The quantitative estimate of drug-likeness (QED) is 0.501. The molecule has 1 aromatic rings. The molecule has 0 aromatic heterocycles. The summed E-state index contributed by atoms with van der Waals surface area (Å²) in [5.41, 5.74) is 7.24. The minimum atomic E-state index is -0.526. The fourth-order valence-corrected chi connectivity index (χ4v) is 2.95. The Balaban J connectivity index is 1.78. The van der Waals surface area contributed by atoms with E-state index in [4.69, 9.17) is 15.9 Å². The van der Waals surface area contributed by atoms with Crippen molar-refractivity contribution in [2.24, 2.45) is 10.1 Å². The maximum atomic E-state index is 11.8. The van der Waals surface area contributed by atoms with Gasteiger partial charge in [0.25, 0.3) is 0 Å². The molecule has 2 aliphatic rings. The molecule has 0 atom stereocenters. The van der Waals surface area contributed by atoms with E-state index < -0.39 is 6.09 Å². The fraction of sp³-hybridized carbons (Fsp3) is 0.444. The topological polar surface area (TPSA) is 128 Å². The van der Waals surface area contributed by atoms with Gasteiger partial charge in [-0.3, -0.25) is 10.3 Å². The van der Waals surface area contributed by atoms with Gasteiger partial charge in [-0.15, -0.1) is 0 Å². The Kier molecular flexibility index (Phi) is 5.58. The number of carbonyl (C=O) groups excluding carboxylic acids is 1. The Hall–Kier alpha value is -3.10. The highest BCUT2D eigenvalue weighted by molar-refractivity contribution is 6.63. The highest BCUT2D eigenvalue weighted by Gasteiger charge is 2.27. The lowest BCUT2D eigenvalue weighted by molar-refractivity contribution is 0.181. The van der Waals surface area contributed by atoms with Gasteiger partial charge in [-0.05, 0) is 12.5 Å². The van der Waals surface area contributed by atoms with E-state index in [0.717, 1.165) is 25.7 Å². The van der Waals surface area contributed by atoms with Gasteiger partial charge in [0.05, 0.1) is 29.8 Å². The molecule has 0 aliphatic carbocycles. The first kappa shape index (κ1) is 18.7. The molecule has 4 N–H and O–H groups in total. The number of ether oxygens (including phenoxy) is 1. The Morgan fingerprint density at radius 1 is 1.37 bits per heavy atom. The fourth-order valence-electron chi connectivity index (χ4n) is 2.95. The van der Waals surface area contributed by atoms with Crippen molar-refractivity contribution in [2.45, 2.75) is 32.6 Å². The summed E-state index contributed by atoms with van der Waals surface area (Å²) in [5, 5.41) is 24.2. The number of unbranched alkanes of at least 4 members (excludes halogenated alkanes) is 3. The molecule has 0 bridgehead atoms. The number of hydrazone groups is 1. The molecule has 0 radical (unpaired) electrons. The van der Waals surface area contributed by atoms with E-state index in [-0.39, 0.29) is 29.6 Å². The van der Waals surface area contributed by atoms with Crippen LogP contribution >= 0.6 is 0 Å². The molecule has 0 saturated carbocycles. The van der Waals surface area contributed by atoms with Crippen LogP contribution in [0.5, 0.6) is 5.75 Å². The number of aliphatic imine (C=N–C) groups is 1. The average molecular weight is 372 g/mol. The van der Waals surface area contributed by atoms with E-state index in [1.54, 1.807) is 5.01 Å². The van der Waals surface area contributed by atoms with Crippen molar-refractivity contribution >= 4 is 40.9 Å². The lowest BCUT2D eigenvalue weighted by atomic mass is 10.2. The van der Waals surface area contributed by atoms with E-state index in [1.807, 2.05) is 0 Å². The van der Waals surface area contributed by atoms with Crippen LogP contribution in [0.4, 0.5) is 21.9 Å². The second-order valence-corrected chi connectivity index (χ2v) is 6.44. The molecular formula is C18H24N6O3. The number of amides is 1. The van der Waals surface area contributed by atoms with Crippen LogP contribution in [0.25, 0.3) is 0 Å². The predicted octanol–water partition coefficient (Wildman–Crippen LogP) is 2.86. The average Bonchev–Trinajstić information content (AvgIpc) is 3.21. The number of hydrogen-bond acceptors (Lipinski definition) is 7. The summed E-state index contributed by atoms with van der Waals surface area (Å²) in [6, 6.07) is 2.87. The van der Waals surface area contributed by atoms with Crippen molar-refractivity contribution in [1.82, 2.24) is 5.01 Å². The highest BCUT2D eigenvalue weighted by Crippen LogP contribution is 2.37. The van der Waals surface area contributed by atoms with Gasteiger partial charge in [0.15, 0.2) is 5.84 Å². The first-order valence-electron chi connectivity index (χ1n) is 9.07. The molecule has 9 heteroatoms. The van der Waals surface area contributed by atoms with Crippen LogP contribution in [0.1, 0.15) is 32.6 Å². The highest BCUT2D eigenvalue weighted by atomic mass is 16.6. The second-order valence-electron chi connectivity index (χ2n) is 6.44. The van der Waals surface area contributed by atoms with Crippen molar-refractivity contribution in [2.75, 3.05) is 30.3 Å². The van der Waals surface area contributed by atoms with Gasteiger partial charge in [-0.2, -0.15) is 5.10 Å². The Bertz CT molecular complexity index is 805. The number of hydrogen-bond donors (Lipinski definition) is 3. The summed E-state index contributed by atoms with van der Waals surface area (Å²) in [6.45, 7) is 3.43. The lowest BCUT2D eigenvalue weighted by Crippen LogP contribution is -2.26. The summed E-state index contributed by atoms with van der Waals surface area (Å²) in [4.78, 5) is 17.5. The van der Waals surface area contributed by atoms with Crippen LogP contribution in [0.15, 0.2) is 22.2 Å². The lowest BCUT2D eigenvalue weighted by Gasteiger charge is -2.16. The van der Waals surface area contributed by atoms with E-state index in [2.05, 4.69) is 17.0 Å². The number of phenolic OH excluding ortho intramolecular Hbond substituents is 1. The molecule has 144 valence electrons. The number of nitrogen functional groups attached to an aromatic ring is 1. The van der Waals surface area contributed by atoms with Crippen LogP contribution in [-0.2, 0) is 4.74 Å². The standard InChI is InChI=1S/C18H24N6O3/c1-2-3-4-5-6-24-17(20)14(11-21-24)22-13-10-15(16(25)9-12(13)19)23-7-8-27-18(23)26/h9-11,20,25H,2-8,19H2,1H3. The van der Waals surface area contributed by atoms with E-state index >= 15 is 0 Å². The molecular weight excluding hydrogens is 348 g/mol. The zero-order valence-electron chi connectivity index (χ0n) is 15.3. The molecule has 3 rings (SSSR count). The number of anilines is 2. The summed E-state index contributed by atoms with van der Waals surface area (Å²) < 4.78 is 4.91. The molecule has 0 unspecified atom stereocenters. The van der Waals surface area contributed by atoms with Gasteiger partial charge in [0.2, 0.25) is 0 Å². The molecule has 9 nitrogen and oxygen atoms in total. The summed E-state index contributed by atoms with van der Waals surface area (Å²) in [6.07, 6.45) is 5.38. The molecule has 27 heavy (non-hydrogen) atoms. The van der Waals surface area contributed by atoms with Crippen LogP contribution in [0, 0.1) is 5.41 Å². The van der Waals surface area contributed by atoms with Crippen LogP contribution in [-0.4, -0.2) is 53.7 Å². The largest absolute Gasteiger partial charge is 0.506 e. The molecule has 1 aromatic carbocycles. The molecule has 0 spiro atoms. The van der Waals surface area contributed by atoms with Gasteiger partial charge in [-0.1, -0.05) is 26.2 Å². The zero-order valence-corrected chi connectivity index (χ0v) is 15.3. The Morgan fingerprint density at radius 2 is 2.19 bits per heavy atom. The molecule has 2 aliphatic heterocycles. The third-order valence-corrected chi connectivity index (χ3v) is 4.46. The number of nitrogens with one attached hydrogen (secondary N) is 1. The van der Waals surface area contributed by atoms with E-state index in [0.29, 0.717) is 24.5 Å². The molecule has 1 amide bonds. The summed E-state index contributed by atoms with van der Waals surface area (Å²) in [7, 11) is 0. The number of amidine groups is 1. The predicted molar refractivity (Wildman–Crippen MR) is 105 cm³/mol. The smallest absolute Gasteiger partial charge is 0.414 e. The van der Waals surface area contributed by atoms with E-state index in [1.165, 1.54) is 23.2 Å². The van der Waals surface area contributed by atoms with Gasteiger partial charge in [0, 0.05) is 12.6 Å². The first-order valence-corrected chi connectivity index (χ1v) is 9.07. The SMILES string of the molecule is CCCCCCN1N=CC(=Nc2cc(N3CCOC3=O)c(O)cc2N)C1=N. The van der Waals surface area contributed by atoms with Crippen LogP contribution in [0.2, 0.25) is 0 Å². The third kappa shape index (κ3) is 4.02.